The van der Waals surface area contributed by atoms with E-state index in [1.807, 2.05) is 0 Å². The lowest BCUT2D eigenvalue weighted by Crippen LogP contribution is -2.44. The molecular formula is C13H14F2N2O2. The highest BCUT2D eigenvalue weighted by Crippen LogP contribution is 2.19. The molecule has 1 aromatic carbocycles. The van der Waals surface area contributed by atoms with E-state index in [0.717, 1.165) is 12.1 Å². The fraction of sp³-hybridized carbons (Fsp3) is 0.385. The van der Waals surface area contributed by atoms with E-state index in [-0.39, 0.29) is 12.1 Å². The van der Waals surface area contributed by atoms with Crippen molar-refractivity contribution in [3.05, 3.63) is 35.4 Å². The molecule has 1 fully saturated rings. The average Bonchev–Trinajstić information content (AvgIpc) is 2.38. The van der Waals surface area contributed by atoms with Crippen LogP contribution >= 0.6 is 0 Å². The van der Waals surface area contributed by atoms with E-state index in [9.17, 15) is 18.4 Å². The van der Waals surface area contributed by atoms with Gasteiger partial charge in [-0.1, -0.05) is 0 Å². The van der Waals surface area contributed by atoms with E-state index in [4.69, 9.17) is 5.73 Å². The molecule has 6 heteroatoms. The fourth-order valence-electron chi connectivity index (χ4n) is 2.23. The molecule has 1 atom stereocenters. The Labute approximate surface area is 109 Å². The summed E-state index contributed by atoms with van der Waals surface area (Å²) in [6.45, 7) is 0.629. The molecule has 0 bridgehead atoms. The van der Waals surface area contributed by atoms with Crippen LogP contribution in [0.4, 0.5) is 8.78 Å². The van der Waals surface area contributed by atoms with E-state index in [1.165, 1.54) is 4.90 Å². The summed E-state index contributed by atoms with van der Waals surface area (Å²) in [7, 11) is 0. The van der Waals surface area contributed by atoms with Crippen LogP contribution in [0.1, 0.15) is 23.2 Å². The molecule has 0 aliphatic carbocycles. The van der Waals surface area contributed by atoms with Crippen LogP contribution in [0.25, 0.3) is 0 Å². The molecular weight excluding hydrogens is 254 g/mol. The summed E-state index contributed by atoms with van der Waals surface area (Å²) in [4.78, 5) is 24.6. The number of likely N-dealkylation sites (tertiary alicyclic amines) is 1. The Morgan fingerprint density at radius 2 is 2.05 bits per heavy atom. The maximum absolute atomic E-state index is 13.5. The summed E-state index contributed by atoms with van der Waals surface area (Å²) in [6, 6.07) is 2.81. The number of piperidine rings is 1. The average molecular weight is 268 g/mol. The van der Waals surface area contributed by atoms with Gasteiger partial charge in [-0.2, -0.15) is 0 Å². The zero-order chi connectivity index (χ0) is 14.0. The minimum Gasteiger partial charge on any atom is -0.369 e. The second-order valence-electron chi connectivity index (χ2n) is 4.62. The first-order chi connectivity index (χ1) is 8.99. The second-order valence-corrected chi connectivity index (χ2v) is 4.62. The summed E-state index contributed by atoms with van der Waals surface area (Å²) in [5, 5.41) is 0. The SMILES string of the molecule is NC(=O)C1CCCN(C(=O)c2ccc(F)cc2F)C1. The van der Waals surface area contributed by atoms with Gasteiger partial charge in [-0.3, -0.25) is 9.59 Å². The van der Waals surface area contributed by atoms with Gasteiger partial charge in [0, 0.05) is 19.2 Å². The number of halogens is 2. The van der Waals surface area contributed by atoms with Crippen molar-refractivity contribution in [1.82, 2.24) is 4.90 Å². The van der Waals surface area contributed by atoms with E-state index in [0.29, 0.717) is 25.5 Å². The van der Waals surface area contributed by atoms with Gasteiger partial charge < -0.3 is 10.6 Å². The summed E-state index contributed by atoms with van der Waals surface area (Å²) in [5.74, 6) is -3.03. The highest BCUT2D eigenvalue weighted by Gasteiger charge is 2.28. The van der Waals surface area contributed by atoms with Gasteiger partial charge in [-0.05, 0) is 25.0 Å². The van der Waals surface area contributed by atoms with Crippen molar-refractivity contribution in [2.45, 2.75) is 12.8 Å². The summed E-state index contributed by atoms with van der Waals surface area (Å²) in [5.41, 5.74) is 5.03. The highest BCUT2D eigenvalue weighted by atomic mass is 19.1. The Bertz CT molecular complexity index is 519. The Morgan fingerprint density at radius 1 is 1.32 bits per heavy atom. The molecule has 2 N–H and O–H groups in total. The molecule has 1 saturated heterocycles. The third kappa shape index (κ3) is 2.89. The molecule has 0 saturated carbocycles. The topological polar surface area (TPSA) is 63.4 Å². The molecule has 19 heavy (non-hydrogen) atoms. The smallest absolute Gasteiger partial charge is 0.256 e. The van der Waals surface area contributed by atoms with E-state index in [2.05, 4.69) is 0 Å². The first kappa shape index (κ1) is 13.5. The minimum absolute atomic E-state index is 0.185. The van der Waals surface area contributed by atoms with Crippen molar-refractivity contribution < 1.29 is 18.4 Å². The maximum Gasteiger partial charge on any atom is 0.256 e. The molecule has 0 spiro atoms. The molecule has 2 amide bonds. The van der Waals surface area contributed by atoms with Gasteiger partial charge in [0.05, 0.1) is 11.5 Å². The van der Waals surface area contributed by atoms with Crippen LogP contribution in [-0.4, -0.2) is 29.8 Å². The Kier molecular flexibility index (Phi) is 3.78. The molecule has 0 aromatic heterocycles. The Balaban J connectivity index is 2.17. The zero-order valence-corrected chi connectivity index (χ0v) is 10.2. The number of nitrogens with two attached hydrogens (primary N) is 1. The van der Waals surface area contributed by atoms with Crippen molar-refractivity contribution >= 4 is 11.8 Å². The third-order valence-electron chi connectivity index (χ3n) is 3.27. The summed E-state index contributed by atoms with van der Waals surface area (Å²) in [6.07, 6.45) is 1.27. The molecule has 1 aliphatic rings. The van der Waals surface area contributed by atoms with Crippen LogP contribution in [0.5, 0.6) is 0 Å². The largest absolute Gasteiger partial charge is 0.369 e. The molecule has 4 nitrogen and oxygen atoms in total. The molecule has 1 aromatic rings. The third-order valence-corrected chi connectivity index (χ3v) is 3.27. The molecule has 1 unspecified atom stereocenters. The maximum atomic E-state index is 13.5. The molecule has 1 aliphatic heterocycles. The van der Waals surface area contributed by atoms with Crippen molar-refractivity contribution in [3.63, 3.8) is 0 Å². The predicted molar refractivity (Wildman–Crippen MR) is 64.2 cm³/mol. The number of hydrogen-bond acceptors (Lipinski definition) is 2. The normalized spacial score (nSPS) is 19.3. The van der Waals surface area contributed by atoms with Gasteiger partial charge in [0.2, 0.25) is 5.91 Å². The van der Waals surface area contributed by atoms with E-state index >= 15 is 0 Å². The standard InChI is InChI=1S/C13H14F2N2O2/c14-9-3-4-10(11(15)6-9)13(19)17-5-1-2-8(7-17)12(16)18/h3-4,6,8H,1-2,5,7H2,(H2,16,18). The van der Waals surface area contributed by atoms with Crippen LogP contribution < -0.4 is 5.73 Å². The van der Waals surface area contributed by atoms with Gasteiger partial charge in [-0.25, -0.2) is 8.78 Å². The number of primary amides is 1. The predicted octanol–water partition coefficient (Wildman–Crippen LogP) is 1.30. The van der Waals surface area contributed by atoms with E-state index < -0.39 is 29.4 Å². The number of carbonyl (C=O) groups is 2. The highest BCUT2D eigenvalue weighted by molar-refractivity contribution is 5.95. The number of nitrogens with zero attached hydrogens (tertiary/aromatic N) is 1. The first-order valence-corrected chi connectivity index (χ1v) is 6.02. The monoisotopic (exact) mass is 268 g/mol. The quantitative estimate of drug-likeness (QED) is 0.878. The molecule has 102 valence electrons. The summed E-state index contributed by atoms with van der Waals surface area (Å²) < 4.78 is 26.3. The Morgan fingerprint density at radius 3 is 2.68 bits per heavy atom. The lowest BCUT2D eigenvalue weighted by Gasteiger charge is -2.31. The summed E-state index contributed by atoms with van der Waals surface area (Å²) >= 11 is 0. The van der Waals surface area contributed by atoms with Crippen LogP contribution in [0.3, 0.4) is 0 Å². The van der Waals surface area contributed by atoms with Crippen molar-refractivity contribution in [1.29, 1.82) is 0 Å². The number of benzene rings is 1. The van der Waals surface area contributed by atoms with Crippen LogP contribution in [-0.2, 0) is 4.79 Å². The lowest BCUT2D eigenvalue weighted by molar-refractivity contribution is -0.123. The number of carbonyl (C=O) groups excluding carboxylic acids is 2. The molecule has 1 heterocycles. The van der Waals surface area contributed by atoms with Gasteiger partial charge in [0.15, 0.2) is 0 Å². The second kappa shape index (κ2) is 5.34. The van der Waals surface area contributed by atoms with Crippen molar-refractivity contribution in [2.24, 2.45) is 11.7 Å². The molecule has 0 radical (unpaired) electrons. The Hall–Kier alpha value is -1.98. The van der Waals surface area contributed by atoms with Crippen molar-refractivity contribution in [2.75, 3.05) is 13.1 Å². The number of amides is 2. The zero-order valence-electron chi connectivity index (χ0n) is 10.2. The first-order valence-electron chi connectivity index (χ1n) is 6.02. The minimum atomic E-state index is -0.897. The van der Waals surface area contributed by atoms with Crippen LogP contribution in [0, 0.1) is 17.6 Å². The fourth-order valence-corrected chi connectivity index (χ4v) is 2.23. The van der Waals surface area contributed by atoms with Gasteiger partial charge in [0.25, 0.3) is 5.91 Å². The van der Waals surface area contributed by atoms with Gasteiger partial charge in [0.1, 0.15) is 11.6 Å². The number of hydrogen-bond donors (Lipinski definition) is 1. The van der Waals surface area contributed by atoms with Crippen LogP contribution in [0.2, 0.25) is 0 Å². The molecule has 2 rings (SSSR count). The van der Waals surface area contributed by atoms with Crippen molar-refractivity contribution in [3.8, 4) is 0 Å². The van der Waals surface area contributed by atoms with Crippen LogP contribution in [0.15, 0.2) is 18.2 Å². The van der Waals surface area contributed by atoms with E-state index in [1.54, 1.807) is 0 Å². The lowest BCUT2D eigenvalue weighted by atomic mass is 9.97. The van der Waals surface area contributed by atoms with Gasteiger partial charge >= 0.3 is 0 Å². The number of rotatable bonds is 2. The van der Waals surface area contributed by atoms with Gasteiger partial charge in [-0.15, -0.1) is 0 Å².